The molecule has 1 heterocycles. The number of pyridine rings is 1. The summed E-state index contributed by atoms with van der Waals surface area (Å²) >= 11 is 0. The summed E-state index contributed by atoms with van der Waals surface area (Å²) < 4.78 is 26.3. The molecule has 0 aliphatic heterocycles. The number of aliphatic carboxylic acids is 1. The zero-order valence-electron chi connectivity index (χ0n) is 10.1. The van der Waals surface area contributed by atoms with Crippen molar-refractivity contribution in [1.29, 1.82) is 0 Å². The number of hydrogen-bond acceptors (Lipinski definition) is 3. The van der Waals surface area contributed by atoms with E-state index in [0.717, 1.165) is 17.2 Å². The zero-order chi connectivity index (χ0) is 14.1. The minimum Gasteiger partial charge on any atom is -0.480 e. The minimum atomic E-state index is -1.54. The molecular weight excluding hydrogens is 246 g/mol. The summed E-state index contributed by atoms with van der Waals surface area (Å²) in [6.07, 6.45) is 0.938. The van der Waals surface area contributed by atoms with Crippen LogP contribution >= 0.6 is 0 Å². The summed E-state index contributed by atoms with van der Waals surface area (Å²) in [6, 6.07) is 0.995. The smallest absolute Gasteiger partial charge is 0.329 e. The van der Waals surface area contributed by atoms with E-state index in [1.54, 1.807) is 0 Å². The number of carboxylic acids is 1. The Labute approximate surface area is 102 Å². The van der Waals surface area contributed by atoms with Gasteiger partial charge in [0, 0.05) is 13.2 Å². The molecule has 18 heavy (non-hydrogen) atoms. The van der Waals surface area contributed by atoms with E-state index in [0.29, 0.717) is 0 Å². The number of halogens is 2. The van der Waals surface area contributed by atoms with Crippen LogP contribution in [0.25, 0.3) is 0 Å². The van der Waals surface area contributed by atoms with E-state index in [-0.39, 0.29) is 0 Å². The van der Waals surface area contributed by atoms with Gasteiger partial charge in [-0.15, -0.1) is 0 Å². The predicted molar refractivity (Wildman–Crippen MR) is 58.0 cm³/mol. The molecule has 0 unspecified atom stereocenters. The van der Waals surface area contributed by atoms with Gasteiger partial charge < -0.3 is 10.0 Å². The normalized spacial score (nSPS) is 11.2. The number of carbonyl (C=O) groups excluding carboxylic acids is 1. The van der Waals surface area contributed by atoms with Gasteiger partial charge in [0.2, 0.25) is 5.95 Å². The van der Waals surface area contributed by atoms with Crippen LogP contribution in [0.1, 0.15) is 24.2 Å². The van der Waals surface area contributed by atoms with Crippen LogP contribution in [0.15, 0.2) is 12.3 Å². The molecule has 0 fully saturated rings. The summed E-state index contributed by atoms with van der Waals surface area (Å²) in [6.45, 7) is 2.56. The Kier molecular flexibility index (Phi) is 3.64. The van der Waals surface area contributed by atoms with E-state index in [9.17, 15) is 18.4 Å². The van der Waals surface area contributed by atoms with E-state index in [1.807, 2.05) is 0 Å². The number of hydrogen-bond donors (Lipinski definition) is 1. The first-order chi connectivity index (χ1) is 8.19. The van der Waals surface area contributed by atoms with Crippen molar-refractivity contribution in [3.05, 3.63) is 29.6 Å². The van der Waals surface area contributed by atoms with Gasteiger partial charge >= 0.3 is 5.97 Å². The summed E-state index contributed by atoms with van der Waals surface area (Å²) in [5, 5.41) is 8.96. The van der Waals surface area contributed by atoms with Gasteiger partial charge in [-0.3, -0.25) is 4.79 Å². The molecule has 0 radical (unpaired) electrons. The fraction of sp³-hybridized carbons (Fsp3) is 0.364. The van der Waals surface area contributed by atoms with Gasteiger partial charge in [-0.1, -0.05) is 0 Å². The predicted octanol–water partition coefficient (Wildman–Crippen LogP) is 1.29. The second-order valence-corrected chi connectivity index (χ2v) is 4.19. The number of carbonyl (C=O) groups is 2. The third-order valence-corrected chi connectivity index (χ3v) is 2.74. The lowest BCUT2D eigenvalue weighted by Gasteiger charge is -2.31. The number of amides is 1. The molecule has 5 nitrogen and oxygen atoms in total. The largest absolute Gasteiger partial charge is 0.480 e. The Morgan fingerprint density at radius 1 is 1.39 bits per heavy atom. The van der Waals surface area contributed by atoms with Crippen molar-refractivity contribution in [3.63, 3.8) is 0 Å². The van der Waals surface area contributed by atoms with E-state index < -0.39 is 34.7 Å². The summed E-state index contributed by atoms with van der Waals surface area (Å²) in [4.78, 5) is 26.7. The molecule has 0 aliphatic rings. The van der Waals surface area contributed by atoms with Crippen LogP contribution in [0.2, 0.25) is 0 Å². The van der Waals surface area contributed by atoms with Crippen LogP contribution in [0.5, 0.6) is 0 Å². The molecule has 0 saturated heterocycles. The van der Waals surface area contributed by atoms with E-state index in [2.05, 4.69) is 4.98 Å². The molecular formula is C11H12F2N2O3. The molecule has 7 heteroatoms. The summed E-state index contributed by atoms with van der Waals surface area (Å²) in [5.41, 5.74) is -2.09. The lowest BCUT2D eigenvalue weighted by molar-refractivity contribution is -0.147. The molecule has 1 rings (SSSR count). The molecule has 0 bridgehead atoms. The molecule has 0 aliphatic carbocycles. The van der Waals surface area contributed by atoms with Crippen molar-refractivity contribution >= 4 is 11.9 Å². The summed E-state index contributed by atoms with van der Waals surface area (Å²) in [7, 11) is 1.20. The maximum Gasteiger partial charge on any atom is 0.329 e. The van der Waals surface area contributed by atoms with Crippen LogP contribution < -0.4 is 0 Å². The van der Waals surface area contributed by atoms with Gasteiger partial charge in [0.15, 0.2) is 5.82 Å². The topological polar surface area (TPSA) is 70.5 Å². The van der Waals surface area contributed by atoms with Crippen molar-refractivity contribution in [3.8, 4) is 0 Å². The summed E-state index contributed by atoms with van der Waals surface area (Å²) in [5.74, 6) is -4.98. The van der Waals surface area contributed by atoms with Crippen LogP contribution in [0.3, 0.4) is 0 Å². The van der Waals surface area contributed by atoms with E-state index >= 15 is 0 Å². The molecule has 98 valence electrons. The Hall–Kier alpha value is -2.05. The maximum atomic E-state index is 13.4. The molecule has 1 N–H and O–H groups in total. The van der Waals surface area contributed by atoms with E-state index in [1.165, 1.54) is 20.9 Å². The number of carboxylic acid groups (broad SMARTS) is 1. The van der Waals surface area contributed by atoms with Gasteiger partial charge in [-0.25, -0.2) is 14.2 Å². The fourth-order valence-electron chi connectivity index (χ4n) is 1.16. The Balaban J connectivity index is 3.16. The second kappa shape index (κ2) is 4.67. The lowest BCUT2D eigenvalue weighted by Crippen LogP contribution is -2.51. The third-order valence-electron chi connectivity index (χ3n) is 2.74. The maximum absolute atomic E-state index is 13.4. The fourth-order valence-corrected chi connectivity index (χ4v) is 1.16. The van der Waals surface area contributed by atoms with E-state index in [4.69, 9.17) is 5.11 Å². The average Bonchev–Trinajstić information content (AvgIpc) is 2.30. The third kappa shape index (κ3) is 2.29. The Morgan fingerprint density at radius 2 is 1.94 bits per heavy atom. The molecule has 0 aromatic carbocycles. The highest BCUT2D eigenvalue weighted by atomic mass is 19.2. The SMILES string of the molecule is CN(C(=O)c1ccnc(F)c1F)C(C)(C)C(=O)O. The quantitative estimate of drug-likeness (QED) is 0.829. The van der Waals surface area contributed by atoms with Gasteiger partial charge in [-0.05, 0) is 19.9 Å². The molecule has 1 aromatic heterocycles. The molecule has 0 saturated carbocycles. The highest BCUT2D eigenvalue weighted by molar-refractivity contribution is 5.97. The first kappa shape index (κ1) is 14.0. The standard InChI is InChI=1S/C11H12F2N2O3/c1-11(2,10(17)18)15(3)9(16)6-4-5-14-8(13)7(6)12/h4-5H,1-3H3,(H,17,18). The van der Waals surface area contributed by atoms with Gasteiger partial charge in [0.1, 0.15) is 5.54 Å². The first-order valence-electron chi connectivity index (χ1n) is 5.01. The molecule has 1 amide bonds. The van der Waals surface area contributed by atoms with Gasteiger partial charge in [-0.2, -0.15) is 4.39 Å². The molecule has 1 aromatic rings. The monoisotopic (exact) mass is 258 g/mol. The van der Waals surface area contributed by atoms with Gasteiger partial charge in [0.05, 0.1) is 5.56 Å². The van der Waals surface area contributed by atoms with Crippen LogP contribution in [0.4, 0.5) is 8.78 Å². The van der Waals surface area contributed by atoms with Crippen LogP contribution in [0, 0.1) is 11.8 Å². The molecule has 0 spiro atoms. The van der Waals surface area contributed by atoms with Crippen molar-refractivity contribution in [2.75, 3.05) is 7.05 Å². The number of likely N-dealkylation sites (N-methyl/N-ethyl adjacent to an activating group) is 1. The first-order valence-corrected chi connectivity index (χ1v) is 5.01. The Morgan fingerprint density at radius 3 is 2.44 bits per heavy atom. The number of aromatic nitrogens is 1. The van der Waals surface area contributed by atoms with Gasteiger partial charge in [0.25, 0.3) is 5.91 Å². The lowest BCUT2D eigenvalue weighted by atomic mass is 10.0. The number of rotatable bonds is 3. The average molecular weight is 258 g/mol. The minimum absolute atomic E-state index is 0.556. The van der Waals surface area contributed by atoms with Crippen molar-refractivity contribution < 1.29 is 23.5 Å². The van der Waals surface area contributed by atoms with Crippen molar-refractivity contribution in [1.82, 2.24) is 9.88 Å². The Bertz CT molecular complexity index is 503. The highest BCUT2D eigenvalue weighted by Gasteiger charge is 2.36. The van der Waals surface area contributed by atoms with Crippen LogP contribution in [-0.4, -0.2) is 39.5 Å². The van der Waals surface area contributed by atoms with Crippen molar-refractivity contribution in [2.45, 2.75) is 19.4 Å². The van der Waals surface area contributed by atoms with Crippen LogP contribution in [-0.2, 0) is 4.79 Å². The van der Waals surface area contributed by atoms with Crippen molar-refractivity contribution in [2.24, 2.45) is 0 Å². The second-order valence-electron chi connectivity index (χ2n) is 4.19. The number of nitrogens with zero attached hydrogens (tertiary/aromatic N) is 2. The zero-order valence-corrected chi connectivity index (χ0v) is 10.1. The molecule has 0 atom stereocenters. The highest BCUT2D eigenvalue weighted by Crippen LogP contribution is 2.18.